The predicted molar refractivity (Wildman–Crippen MR) is 117 cm³/mol. The second-order valence-corrected chi connectivity index (χ2v) is 8.57. The highest BCUT2D eigenvalue weighted by Gasteiger charge is 2.31. The van der Waals surface area contributed by atoms with Gasteiger partial charge in [-0.3, -0.25) is 15.1 Å². The van der Waals surface area contributed by atoms with E-state index in [1.807, 2.05) is 29.3 Å². The topological polar surface area (TPSA) is 84.8 Å². The minimum atomic E-state index is -0.491. The number of nitrogens with zero attached hydrogens (tertiary/aromatic N) is 3. The molecule has 7 heteroatoms. The molecule has 2 aromatic rings. The van der Waals surface area contributed by atoms with Crippen LogP contribution in [0.5, 0.6) is 0 Å². The SMILES string of the molecule is CC(C)(c1ccc([N+](=O)[O-])cc1)N(N=C1CCC(N)CC1)c1ccc(Br)cc1. The molecule has 0 spiro atoms. The Morgan fingerprint density at radius 2 is 1.68 bits per heavy atom. The fraction of sp³-hybridized carbons (Fsp3) is 0.381. The number of nitrogens with two attached hydrogens (primary N) is 1. The van der Waals surface area contributed by atoms with Gasteiger partial charge in [-0.15, -0.1) is 0 Å². The predicted octanol–water partition coefficient (Wildman–Crippen LogP) is 5.36. The number of rotatable bonds is 5. The molecule has 0 saturated heterocycles. The van der Waals surface area contributed by atoms with Crippen LogP contribution in [0.15, 0.2) is 58.1 Å². The summed E-state index contributed by atoms with van der Waals surface area (Å²) < 4.78 is 1.00. The third kappa shape index (κ3) is 4.59. The first-order valence-electron chi connectivity index (χ1n) is 9.40. The van der Waals surface area contributed by atoms with Gasteiger partial charge in [0, 0.05) is 28.4 Å². The summed E-state index contributed by atoms with van der Waals surface area (Å²) >= 11 is 3.48. The van der Waals surface area contributed by atoms with Crippen molar-refractivity contribution in [1.82, 2.24) is 0 Å². The van der Waals surface area contributed by atoms with E-state index in [0.29, 0.717) is 0 Å². The zero-order chi connectivity index (χ0) is 20.3. The van der Waals surface area contributed by atoms with Crippen molar-refractivity contribution in [2.24, 2.45) is 10.8 Å². The Hall–Kier alpha value is -2.25. The summed E-state index contributed by atoms with van der Waals surface area (Å²) in [6.45, 7) is 4.16. The number of halogens is 1. The lowest BCUT2D eigenvalue weighted by atomic mass is 9.92. The number of hydrogen-bond donors (Lipinski definition) is 1. The lowest BCUT2D eigenvalue weighted by molar-refractivity contribution is -0.384. The normalized spacial score (nSPS) is 17.3. The van der Waals surface area contributed by atoms with Gasteiger partial charge in [0.1, 0.15) is 0 Å². The van der Waals surface area contributed by atoms with Crippen LogP contribution in [0.2, 0.25) is 0 Å². The lowest BCUT2D eigenvalue weighted by Gasteiger charge is -2.38. The van der Waals surface area contributed by atoms with Crippen molar-refractivity contribution in [2.75, 3.05) is 5.01 Å². The van der Waals surface area contributed by atoms with Crippen LogP contribution >= 0.6 is 15.9 Å². The summed E-state index contributed by atoms with van der Waals surface area (Å²) in [5.41, 5.74) is 8.70. The molecule has 2 aromatic carbocycles. The molecule has 0 amide bonds. The van der Waals surface area contributed by atoms with Crippen LogP contribution < -0.4 is 10.7 Å². The molecule has 148 valence electrons. The van der Waals surface area contributed by atoms with Crippen molar-refractivity contribution in [3.05, 3.63) is 68.7 Å². The van der Waals surface area contributed by atoms with Gasteiger partial charge in [0.05, 0.1) is 16.1 Å². The van der Waals surface area contributed by atoms with Crippen LogP contribution in [0.25, 0.3) is 0 Å². The Balaban J connectivity index is 2.00. The van der Waals surface area contributed by atoms with Gasteiger partial charge in [-0.25, -0.2) is 0 Å². The zero-order valence-electron chi connectivity index (χ0n) is 16.1. The number of nitro groups is 1. The summed E-state index contributed by atoms with van der Waals surface area (Å²) in [7, 11) is 0. The molecule has 1 saturated carbocycles. The maximum Gasteiger partial charge on any atom is 0.269 e. The quantitative estimate of drug-likeness (QED) is 0.496. The van der Waals surface area contributed by atoms with E-state index in [1.165, 1.54) is 0 Å². The number of anilines is 1. The number of hydrazone groups is 1. The fourth-order valence-corrected chi connectivity index (χ4v) is 3.68. The maximum atomic E-state index is 11.0. The number of hydrogen-bond acceptors (Lipinski definition) is 5. The number of benzene rings is 2. The van der Waals surface area contributed by atoms with Gasteiger partial charge in [0.15, 0.2) is 0 Å². The van der Waals surface area contributed by atoms with E-state index in [-0.39, 0.29) is 16.7 Å². The first-order valence-corrected chi connectivity index (χ1v) is 10.2. The standard InChI is InChI=1S/C21H25BrN4O2/c1-21(2,15-3-11-20(12-4-15)26(27)28)25(19-13-5-16(22)6-14-19)24-18-9-7-17(23)8-10-18/h3-6,11-14,17H,7-10,23H2,1-2H3. The second kappa shape index (κ2) is 8.41. The monoisotopic (exact) mass is 444 g/mol. The third-order valence-electron chi connectivity index (χ3n) is 5.23. The molecule has 0 heterocycles. The van der Waals surface area contributed by atoms with E-state index < -0.39 is 5.54 Å². The van der Waals surface area contributed by atoms with Crippen LogP contribution in [0.4, 0.5) is 11.4 Å². The van der Waals surface area contributed by atoms with Crippen molar-refractivity contribution in [1.29, 1.82) is 0 Å². The average molecular weight is 445 g/mol. The average Bonchev–Trinajstić information content (AvgIpc) is 2.68. The first-order chi connectivity index (χ1) is 13.3. The van der Waals surface area contributed by atoms with E-state index in [0.717, 1.165) is 47.1 Å². The number of non-ortho nitro benzene ring substituents is 1. The van der Waals surface area contributed by atoms with Gasteiger partial charge in [-0.2, -0.15) is 5.10 Å². The van der Waals surface area contributed by atoms with Gasteiger partial charge < -0.3 is 5.73 Å². The third-order valence-corrected chi connectivity index (χ3v) is 5.76. The minimum absolute atomic E-state index is 0.0855. The first kappa shape index (κ1) is 20.5. The molecule has 0 aliphatic heterocycles. The Morgan fingerprint density at radius 3 is 2.21 bits per heavy atom. The highest BCUT2D eigenvalue weighted by molar-refractivity contribution is 9.10. The molecule has 2 N–H and O–H groups in total. The summed E-state index contributed by atoms with van der Waals surface area (Å²) in [6.07, 6.45) is 3.69. The van der Waals surface area contributed by atoms with Crippen molar-refractivity contribution < 1.29 is 4.92 Å². The molecule has 0 radical (unpaired) electrons. The molecule has 0 aromatic heterocycles. The van der Waals surface area contributed by atoms with Gasteiger partial charge in [-0.05, 0) is 81.5 Å². The van der Waals surface area contributed by atoms with Gasteiger partial charge in [-0.1, -0.05) is 15.9 Å². The summed E-state index contributed by atoms with van der Waals surface area (Å²) in [5.74, 6) is 0. The Labute approximate surface area is 173 Å². The second-order valence-electron chi connectivity index (χ2n) is 7.65. The summed E-state index contributed by atoms with van der Waals surface area (Å²) in [6, 6.07) is 15.0. The maximum absolute atomic E-state index is 11.0. The highest BCUT2D eigenvalue weighted by Crippen LogP contribution is 2.35. The summed E-state index contributed by atoms with van der Waals surface area (Å²) in [5, 5.41) is 18.0. The Bertz CT molecular complexity index is 853. The largest absolute Gasteiger partial charge is 0.328 e. The molecule has 3 rings (SSSR count). The lowest BCUT2D eigenvalue weighted by Crippen LogP contribution is -2.39. The van der Waals surface area contributed by atoms with E-state index >= 15 is 0 Å². The fourth-order valence-electron chi connectivity index (χ4n) is 3.42. The highest BCUT2D eigenvalue weighted by atomic mass is 79.9. The minimum Gasteiger partial charge on any atom is -0.328 e. The Morgan fingerprint density at radius 1 is 1.11 bits per heavy atom. The van der Waals surface area contributed by atoms with E-state index in [1.54, 1.807) is 24.3 Å². The van der Waals surface area contributed by atoms with Crippen molar-refractivity contribution in [3.63, 3.8) is 0 Å². The van der Waals surface area contributed by atoms with E-state index in [4.69, 9.17) is 10.8 Å². The van der Waals surface area contributed by atoms with Crippen LogP contribution in [-0.4, -0.2) is 16.7 Å². The molecule has 1 aliphatic carbocycles. The van der Waals surface area contributed by atoms with Gasteiger partial charge in [0.25, 0.3) is 5.69 Å². The van der Waals surface area contributed by atoms with E-state index in [2.05, 4.69) is 29.8 Å². The molecule has 1 aliphatic rings. The molecular formula is C21H25BrN4O2. The molecule has 0 atom stereocenters. The molecule has 0 unspecified atom stereocenters. The molecule has 0 bridgehead atoms. The molecule has 1 fully saturated rings. The Kier molecular flexibility index (Phi) is 6.15. The van der Waals surface area contributed by atoms with Gasteiger partial charge >= 0.3 is 0 Å². The van der Waals surface area contributed by atoms with E-state index in [9.17, 15) is 10.1 Å². The van der Waals surface area contributed by atoms with Crippen LogP contribution in [0.1, 0.15) is 45.1 Å². The molecule has 28 heavy (non-hydrogen) atoms. The van der Waals surface area contributed by atoms with Crippen LogP contribution in [0, 0.1) is 10.1 Å². The molecular weight excluding hydrogens is 420 g/mol. The summed E-state index contributed by atoms with van der Waals surface area (Å²) in [4.78, 5) is 10.6. The molecule has 6 nitrogen and oxygen atoms in total. The van der Waals surface area contributed by atoms with Crippen molar-refractivity contribution in [2.45, 2.75) is 51.1 Å². The van der Waals surface area contributed by atoms with Crippen molar-refractivity contribution >= 4 is 33.0 Å². The van der Waals surface area contributed by atoms with Crippen LogP contribution in [-0.2, 0) is 5.54 Å². The smallest absolute Gasteiger partial charge is 0.269 e. The van der Waals surface area contributed by atoms with Crippen LogP contribution in [0.3, 0.4) is 0 Å². The van der Waals surface area contributed by atoms with Gasteiger partial charge in [0.2, 0.25) is 0 Å². The van der Waals surface area contributed by atoms with Crippen molar-refractivity contribution in [3.8, 4) is 0 Å². The zero-order valence-corrected chi connectivity index (χ0v) is 17.7. The number of nitro benzene ring substituents is 1.